The average Bonchev–Trinajstić information content (AvgIpc) is 2.86. The minimum atomic E-state index is -0.141. The molecule has 1 unspecified atom stereocenters. The fourth-order valence-electron chi connectivity index (χ4n) is 4.35. The van der Waals surface area contributed by atoms with Crippen molar-refractivity contribution in [3.63, 3.8) is 0 Å². The molecule has 1 heterocycles. The van der Waals surface area contributed by atoms with Gasteiger partial charge in [-0.3, -0.25) is 4.79 Å². The zero-order chi connectivity index (χ0) is 24.0. The highest BCUT2D eigenvalue weighted by atomic mass is 16.5. The van der Waals surface area contributed by atoms with Crippen molar-refractivity contribution in [1.29, 1.82) is 0 Å². The Bertz CT molecular complexity index is 1150. The number of fused-ring (bicyclic) bond motifs is 1. The van der Waals surface area contributed by atoms with Crippen LogP contribution in [-0.4, -0.2) is 33.0 Å². The monoisotopic (exact) mass is 453 g/mol. The summed E-state index contributed by atoms with van der Waals surface area (Å²) in [5.41, 5.74) is 2.26. The molecule has 0 saturated heterocycles. The molecule has 0 saturated carbocycles. The van der Waals surface area contributed by atoms with Crippen molar-refractivity contribution in [3.05, 3.63) is 46.6 Å². The summed E-state index contributed by atoms with van der Waals surface area (Å²) in [4.78, 5) is 13.5. The number of hydrogen-bond donors (Lipinski definition) is 0. The predicted octanol–water partition coefficient (Wildman–Crippen LogP) is 5.92. The second kappa shape index (κ2) is 11.1. The summed E-state index contributed by atoms with van der Waals surface area (Å²) in [6.45, 7) is 5.20. The average molecular weight is 454 g/mol. The quantitative estimate of drug-likeness (QED) is 0.361. The lowest BCUT2D eigenvalue weighted by molar-refractivity contribution is 0.355. The number of pyridine rings is 1. The van der Waals surface area contributed by atoms with Crippen LogP contribution in [0.1, 0.15) is 39.5 Å². The van der Waals surface area contributed by atoms with Crippen molar-refractivity contribution < 1.29 is 18.9 Å². The minimum absolute atomic E-state index is 0.141. The van der Waals surface area contributed by atoms with Crippen molar-refractivity contribution >= 4 is 10.9 Å². The lowest BCUT2D eigenvalue weighted by atomic mass is 9.97. The van der Waals surface area contributed by atoms with E-state index in [4.69, 9.17) is 18.9 Å². The van der Waals surface area contributed by atoms with Crippen molar-refractivity contribution in [3.8, 4) is 34.3 Å². The van der Waals surface area contributed by atoms with Gasteiger partial charge in [0, 0.05) is 23.6 Å². The molecule has 0 N–H and O–H groups in total. The van der Waals surface area contributed by atoms with Gasteiger partial charge in [0.05, 0.1) is 39.6 Å². The minimum Gasteiger partial charge on any atom is -0.497 e. The van der Waals surface area contributed by atoms with Crippen LogP contribution in [0, 0.1) is 5.92 Å². The lowest BCUT2D eigenvalue weighted by Gasteiger charge is -2.25. The van der Waals surface area contributed by atoms with Gasteiger partial charge in [0.15, 0.2) is 17.2 Å². The van der Waals surface area contributed by atoms with Gasteiger partial charge in [-0.15, -0.1) is 0 Å². The summed E-state index contributed by atoms with van der Waals surface area (Å²) in [6, 6.07) is 11.3. The topological polar surface area (TPSA) is 58.9 Å². The first kappa shape index (κ1) is 24.5. The molecule has 0 spiro atoms. The van der Waals surface area contributed by atoms with E-state index in [-0.39, 0.29) is 5.43 Å². The molecule has 0 radical (unpaired) electrons. The molecule has 0 bridgehead atoms. The predicted molar refractivity (Wildman–Crippen MR) is 133 cm³/mol. The van der Waals surface area contributed by atoms with Gasteiger partial charge < -0.3 is 23.5 Å². The number of aromatic nitrogens is 1. The number of unbranched alkanes of at least 4 members (excludes halogenated alkanes) is 1. The normalized spacial score (nSPS) is 11.9. The van der Waals surface area contributed by atoms with Crippen molar-refractivity contribution in [2.24, 2.45) is 5.92 Å². The maximum absolute atomic E-state index is 13.5. The third kappa shape index (κ3) is 4.95. The smallest absolute Gasteiger partial charge is 0.231 e. The largest absolute Gasteiger partial charge is 0.497 e. The van der Waals surface area contributed by atoms with E-state index in [1.165, 1.54) is 6.42 Å². The third-order valence-electron chi connectivity index (χ3n) is 6.28. The van der Waals surface area contributed by atoms with Crippen LogP contribution in [0.15, 0.2) is 41.2 Å². The molecule has 0 aliphatic heterocycles. The highest BCUT2D eigenvalue weighted by molar-refractivity contribution is 5.87. The van der Waals surface area contributed by atoms with Crippen molar-refractivity contribution in [2.75, 3.05) is 28.4 Å². The van der Waals surface area contributed by atoms with Gasteiger partial charge >= 0.3 is 0 Å². The SMILES string of the molecule is CCCCC(CC)Cn1c(-c2ccc(OC)c(OC)c2)c(OC)c(=O)c2ccc(OC)cc21. The first-order valence-corrected chi connectivity index (χ1v) is 11.5. The highest BCUT2D eigenvalue weighted by Gasteiger charge is 2.22. The Hall–Kier alpha value is -3.15. The zero-order valence-corrected chi connectivity index (χ0v) is 20.6. The second-order valence-corrected chi connectivity index (χ2v) is 8.19. The molecule has 0 amide bonds. The summed E-state index contributed by atoms with van der Waals surface area (Å²) < 4.78 is 24.4. The van der Waals surface area contributed by atoms with Crippen LogP contribution < -0.4 is 24.4 Å². The van der Waals surface area contributed by atoms with E-state index >= 15 is 0 Å². The number of rotatable bonds is 11. The molecular weight excluding hydrogens is 418 g/mol. The van der Waals surface area contributed by atoms with E-state index in [0.717, 1.165) is 42.6 Å². The summed E-state index contributed by atoms with van der Waals surface area (Å²) >= 11 is 0. The molecule has 6 nitrogen and oxygen atoms in total. The highest BCUT2D eigenvalue weighted by Crippen LogP contribution is 2.38. The second-order valence-electron chi connectivity index (χ2n) is 8.19. The van der Waals surface area contributed by atoms with Crippen molar-refractivity contribution in [1.82, 2.24) is 4.57 Å². The van der Waals surface area contributed by atoms with Gasteiger partial charge in [0.2, 0.25) is 5.43 Å². The molecule has 0 aliphatic rings. The van der Waals surface area contributed by atoms with E-state index in [1.807, 2.05) is 36.4 Å². The number of nitrogens with zero attached hydrogens (tertiary/aromatic N) is 1. The molecule has 0 fully saturated rings. The number of ether oxygens (including phenoxy) is 4. The Morgan fingerprint density at radius 1 is 0.879 bits per heavy atom. The van der Waals surface area contributed by atoms with Gasteiger partial charge in [-0.25, -0.2) is 0 Å². The molecule has 2 aromatic carbocycles. The Morgan fingerprint density at radius 2 is 1.64 bits per heavy atom. The van der Waals surface area contributed by atoms with E-state index in [1.54, 1.807) is 28.4 Å². The Kier molecular flexibility index (Phi) is 8.26. The summed E-state index contributed by atoms with van der Waals surface area (Å²) in [6.07, 6.45) is 4.49. The van der Waals surface area contributed by atoms with Crippen LogP contribution >= 0.6 is 0 Å². The van der Waals surface area contributed by atoms with Gasteiger partial charge in [0.25, 0.3) is 0 Å². The molecule has 33 heavy (non-hydrogen) atoms. The summed E-state index contributed by atoms with van der Waals surface area (Å²) in [5, 5.41) is 0.613. The standard InChI is InChI=1S/C27H35NO5/c1-7-9-10-18(8-2)17-28-22-16-20(30-3)12-13-21(22)26(29)27(33-6)25(28)19-11-14-23(31-4)24(15-19)32-5/h11-16,18H,7-10,17H2,1-6H3. The number of benzene rings is 2. The zero-order valence-electron chi connectivity index (χ0n) is 20.6. The molecular formula is C27H35NO5. The molecule has 0 aliphatic carbocycles. The van der Waals surface area contributed by atoms with Crippen LogP contribution in [0.3, 0.4) is 0 Å². The van der Waals surface area contributed by atoms with E-state index in [0.29, 0.717) is 34.3 Å². The molecule has 3 aromatic rings. The van der Waals surface area contributed by atoms with Crippen LogP contribution in [0.2, 0.25) is 0 Å². The first-order chi connectivity index (χ1) is 16.0. The molecule has 6 heteroatoms. The first-order valence-electron chi connectivity index (χ1n) is 11.5. The maximum Gasteiger partial charge on any atom is 0.231 e. The van der Waals surface area contributed by atoms with Crippen LogP contribution in [0.25, 0.3) is 22.2 Å². The summed E-state index contributed by atoms with van der Waals surface area (Å²) in [7, 11) is 6.40. The van der Waals surface area contributed by atoms with Gasteiger partial charge in [-0.05, 0) is 42.7 Å². The Morgan fingerprint density at radius 3 is 2.24 bits per heavy atom. The van der Waals surface area contributed by atoms with Gasteiger partial charge in [-0.1, -0.05) is 33.1 Å². The number of hydrogen-bond acceptors (Lipinski definition) is 5. The van der Waals surface area contributed by atoms with Crippen LogP contribution in [-0.2, 0) is 6.54 Å². The number of methoxy groups -OCH3 is 4. The van der Waals surface area contributed by atoms with Crippen LogP contribution in [0.4, 0.5) is 0 Å². The molecule has 1 aromatic heterocycles. The Balaban J connectivity index is 2.37. The Labute approximate surface area is 196 Å². The van der Waals surface area contributed by atoms with E-state index in [2.05, 4.69) is 18.4 Å². The molecule has 178 valence electrons. The fraction of sp³-hybridized carbons (Fsp3) is 0.444. The van der Waals surface area contributed by atoms with E-state index in [9.17, 15) is 4.79 Å². The summed E-state index contributed by atoms with van der Waals surface area (Å²) in [5.74, 6) is 2.72. The lowest BCUT2D eigenvalue weighted by Crippen LogP contribution is -2.19. The maximum atomic E-state index is 13.5. The van der Waals surface area contributed by atoms with Crippen molar-refractivity contribution in [2.45, 2.75) is 46.1 Å². The molecule has 3 rings (SSSR count). The van der Waals surface area contributed by atoms with Gasteiger partial charge in [-0.2, -0.15) is 0 Å². The van der Waals surface area contributed by atoms with Gasteiger partial charge in [0.1, 0.15) is 5.75 Å². The molecule has 1 atom stereocenters. The fourth-order valence-corrected chi connectivity index (χ4v) is 4.35. The third-order valence-corrected chi connectivity index (χ3v) is 6.28. The van der Waals surface area contributed by atoms with E-state index < -0.39 is 0 Å². The van der Waals surface area contributed by atoms with Crippen LogP contribution in [0.5, 0.6) is 23.0 Å².